The summed E-state index contributed by atoms with van der Waals surface area (Å²) in [6.45, 7) is 4.62. The Hall–Kier alpha value is -5.91. The van der Waals surface area contributed by atoms with Crippen LogP contribution < -0.4 is 4.90 Å². The molecule has 0 amide bonds. The van der Waals surface area contributed by atoms with Gasteiger partial charge in [0, 0.05) is 38.7 Å². The van der Waals surface area contributed by atoms with E-state index in [4.69, 9.17) is 4.42 Å². The molecule has 1 aliphatic heterocycles. The van der Waals surface area contributed by atoms with Crippen molar-refractivity contribution in [1.82, 2.24) is 0 Å². The number of rotatable bonds is 4. The van der Waals surface area contributed by atoms with Gasteiger partial charge in [-0.1, -0.05) is 105 Å². The summed E-state index contributed by atoms with van der Waals surface area (Å²) >= 11 is 0. The summed E-state index contributed by atoms with van der Waals surface area (Å²) in [5, 5.41) is 2.23. The minimum atomic E-state index is -3.80. The lowest BCUT2D eigenvalue weighted by atomic mass is 9.42. The molecular formula is C55H45NO3S. The summed E-state index contributed by atoms with van der Waals surface area (Å²) in [5.74, 6) is 2.44. The fourth-order valence-corrected chi connectivity index (χ4v) is 15.1. The van der Waals surface area contributed by atoms with Crippen molar-refractivity contribution in [3.05, 3.63) is 174 Å². The largest absolute Gasteiger partial charge is 0.456 e. The van der Waals surface area contributed by atoms with Gasteiger partial charge in [-0.15, -0.1) is 0 Å². The minimum absolute atomic E-state index is 0.193. The maximum Gasteiger partial charge on any atom is 0.207 e. The Morgan fingerprint density at radius 3 is 1.90 bits per heavy atom. The van der Waals surface area contributed by atoms with Gasteiger partial charge in [-0.3, -0.25) is 0 Å². The van der Waals surface area contributed by atoms with Crippen molar-refractivity contribution in [2.24, 2.45) is 23.7 Å². The Balaban J connectivity index is 0.984. The van der Waals surface area contributed by atoms with Crippen molar-refractivity contribution in [1.29, 1.82) is 0 Å². The summed E-state index contributed by atoms with van der Waals surface area (Å²) < 4.78 is 36.4. The molecule has 8 aromatic rings. The fourth-order valence-electron chi connectivity index (χ4n) is 13.3. The third-order valence-electron chi connectivity index (χ3n) is 15.7. The van der Waals surface area contributed by atoms with Gasteiger partial charge >= 0.3 is 0 Å². The molecule has 0 saturated heterocycles. The Kier molecular flexibility index (Phi) is 7.04. The maximum absolute atomic E-state index is 15.1. The van der Waals surface area contributed by atoms with Gasteiger partial charge in [0.25, 0.3) is 0 Å². The van der Waals surface area contributed by atoms with Crippen LogP contribution in [0, 0.1) is 23.7 Å². The molecule has 0 atom stereocenters. The molecule has 0 radical (unpaired) electrons. The smallest absolute Gasteiger partial charge is 0.207 e. The normalized spacial score (nSPS) is 24.6. The number of furan rings is 1. The molecule has 294 valence electrons. The van der Waals surface area contributed by atoms with Crippen molar-refractivity contribution >= 4 is 48.8 Å². The van der Waals surface area contributed by atoms with E-state index in [1.165, 1.54) is 54.4 Å². The molecule has 4 saturated carbocycles. The van der Waals surface area contributed by atoms with Crippen LogP contribution >= 0.6 is 0 Å². The Labute approximate surface area is 351 Å². The van der Waals surface area contributed by atoms with E-state index in [0.29, 0.717) is 21.6 Å². The minimum Gasteiger partial charge on any atom is -0.456 e. The van der Waals surface area contributed by atoms with E-state index in [1.54, 1.807) is 0 Å². The van der Waals surface area contributed by atoms with Gasteiger partial charge < -0.3 is 9.32 Å². The average molecular weight is 800 g/mol. The van der Waals surface area contributed by atoms with Crippen molar-refractivity contribution in [2.45, 2.75) is 66.6 Å². The van der Waals surface area contributed by atoms with Gasteiger partial charge in [-0.2, -0.15) is 0 Å². The lowest BCUT2D eigenvalue weighted by molar-refractivity contribution is -0.0446. The van der Waals surface area contributed by atoms with Crippen molar-refractivity contribution < 1.29 is 12.8 Å². The molecule has 0 unspecified atom stereocenters. The zero-order chi connectivity index (χ0) is 40.1. The molecule has 6 aliphatic rings. The average Bonchev–Trinajstić information content (AvgIpc) is 3.75. The second kappa shape index (κ2) is 12.1. The summed E-state index contributed by atoms with van der Waals surface area (Å²) in [6, 6.07) is 53.4. The van der Waals surface area contributed by atoms with Gasteiger partial charge in [0.1, 0.15) is 11.2 Å². The molecular weight excluding hydrogens is 755 g/mol. The van der Waals surface area contributed by atoms with Crippen LogP contribution in [0.15, 0.2) is 166 Å². The molecule has 4 nitrogen and oxygen atoms in total. The third-order valence-corrected chi connectivity index (χ3v) is 17.5. The standard InChI is InChI=1S/C55H45NO3S/c1-54(2)46-11-5-3-9-42(46)43-23-20-40(31-49(43)54)56(39-18-15-35(16-19-39)36-17-22-45-44-10-4-7-13-50(44)59-51(45)30-36)41-21-24-48-53(32-41)60(57,58)52-14-8-6-12-47(52)55(48)37-26-33-25-34(28-37)29-38(55)27-33/h3-24,30-34,37-38H,25-29H2,1-2H3. The number of hydrogen-bond acceptors (Lipinski definition) is 4. The summed E-state index contributed by atoms with van der Waals surface area (Å²) in [6.07, 6.45) is 6.12. The molecule has 2 heterocycles. The highest BCUT2D eigenvalue weighted by molar-refractivity contribution is 7.91. The monoisotopic (exact) mass is 799 g/mol. The quantitative estimate of drug-likeness (QED) is 0.178. The summed E-state index contributed by atoms with van der Waals surface area (Å²) in [5.41, 5.74) is 13.5. The second-order valence-electron chi connectivity index (χ2n) is 18.9. The highest BCUT2D eigenvalue weighted by Gasteiger charge is 2.62. The number of fused-ring (bicyclic) bond motifs is 8. The van der Waals surface area contributed by atoms with Crippen LogP contribution in [0.2, 0.25) is 0 Å². The molecule has 0 N–H and O–H groups in total. The molecule has 5 aliphatic carbocycles. The Morgan fingerprint density at radius 2 is 1.10 bits per heavy atom. The SMILES string of the molecule is CC1(C)c2ccccc2-c2ccc(N(c3ccc(-c4ccc5c(c4)oc4ccccc45)cc3)c3ccc4c(c3)S(=O)(=O)c3ccccc3C43C4CC5CC(C4)CC3C5)cc21. The Bertz CT molecular complexity index is 3200. The van der Waals surface area contributed by atoms with Crippen LogP contribution in [0.5, 0.6) is 0 Å². The molecule has 1 spiro atoms. The van der Waals surface area contributed by atoms with Crippen LogP contribution in [0.3, 0.4) is 0 Å². The lowest BCUT2D eigenvalue weighted by Gasteiger charge is -2.63. The van der Waals surface area contributed by atoms with Crippen molar-refractivity contribution in [2.75, 3.05) is 4.90 Å². The molecule has 4 bridgehead atoms. The van der Waals surface area contributed by atoms with Gasteiger partial charge in [0.2, 0.25) is 9.84 Å². The predicted octanol–water partition coefficient (Wildman–Crippen LogP) is 13.9. The number of anilines is 3. The van der Waals surface area contributed by atoms with Gasteiger partial charge in [0.15, 0.2) is 0 Å². The van der Waals surface area contributed by atoms with Crippen molar-refractivity contribution in [3.8, 4) is 22.3 Å². The molecule has 7 aromatic carbocycles. The van der Waals surface area contributed by atoms with Gasteiger partial charge in [-0.05, 0) is 161 Å². The zero-order valence-electron chi connectivity index (χ0n) is 33.9. The van der Waals surface area contributed by atoms with Crippen LogP contribution in [-0.2, 0) is 20.7 Å². The lowest BCUT2D eigenvalue weighted by Crippen LogP contribution is -2.57. The summed E-state index contributed by atoms with van der Waals surface area (Å²) in [4.78, 5) is 3.27. The van der Waals surface area contributed by atoms with E-state index < -0.39 is 9.84 Å². The van der Waals surface area contributed by atoms with E-state index in [2.05, 4.69) is 140 Å². The topological polar surface area (TPSA) is 50.5 Å². The van der Waals surface area contributed by atoms with Crippen molar-refractivity contribution in [3.63, 3.8) is 0 Å². The van der Waals surface area contributed by atoms with E-state index in [9.17, 15) is 0 Å². The zero-order valence-corrected chi connectivity index (χ0v) is 34.7. The highest BCUT2D eigenvalue weighted by Crippen LogP contribution is 2.68. The molecule has 1 aromatic heterocycles. The van der Waals surface area contributed by atoms with Crippen LogP contribution in [0.4, 0.5) is 17.1 Å². The van der Waals surface area contributed by atoms with E-state index in [-0.39, 0.29) is 10.8 Å². The molecule has 60 heavy (non-hydrogen) atoms. The number of benzene rings is 7. The van der Waals surface area contributed by atoms with Gasteiger partial charge in [-0.25, -0.2) is 8.42 Å². The highest BCUT2D eigenvalue weighted by atomic mass is 32.2. The van der Waals surface area contributed by atoms with E-state index >= 15 is 8.42 Å². The Morgan fingerprint density at radius 1 is 0.500 bits per heavy atom. The molecule has 4 fully saturated rings. The first kappa shape index (κ1) is 34.9. The van der Waals surface area contributed by atoms with Crippen LogP contribution in [0.1, 0.15) is 68.2 Å². The van der Waals surface area contributed by atoms with E-state index in [0.717, 1.165) is 73.1 Å². The summed E-state index contributed by atoms with van der Waals surface area (Å²) in [7, 11) is -3.80. The molecule has 14 rings (SSSR count). The van der Waals surface area contributed by atoms with Crippen LogP contribution in [-0.4, -0.2) is 8.42 Å². The maximum atomic E-state index is 15.1. The van der Waals surface area contributed by atoms with Crippen LogP contribution in [0.25, 0.3) is 44.2 Å². The third kappa shape index (κ3) is 4.59. The number of hydrogen-bond donors (Lipinski definition) is 0. The fraction of sp³-hybridized carbons (Fsp3) is 0.236. The predicted molar refractivity (Wildman–Crippen MR) is 241 cm³/mol. The number of para-hydroxylation sites is 1. The van der Waals surface area contributed by atoms with E-state index in [1.807, 2.05) is 30.3 Å². The first-order valence-electron chi connectivity index (χ1n) is 21.7. The second-order valence-corrected chi connectivity index (χ2v) is 20.8. The van der Waals surface area contributed by atoms with Gasteiger partial charge in [0.05, 0.1) is 9.79 Å². The molecule has 5 heteroatoms. The number of sulfone groups is 1. The first-order chi connectivity index (χ1) is 29.2. The number of nitrogens with zero attached hydrogens (tertiary/aromatic N) is 1. The first-order valence-corrected chi connectivity index (χ1v) is 23.2.